The number of hydrogen-bond acceptors (Lipinski definition) is 4. The van der Waals surface area contributed by atoms with Crippen molar-refractivity contribution in [3.8, 4) is 5.75 Å². The van der Waals surface area contributed by atoms with Gasteiger partial charge >= 0.3 is 0 Å². The van der Waals surface area contributed by atoms with Gasteiger partial charge in [0.2, 0.25) is 5.91 Å². The molecular formula is C17H23NO4S. The molecule has 1 amide bonds. The van der Waals surface area contributed by atoms with Crippen molar-refractivity contribution < 1.29 is 17.9 Å². The van der Waals surface area contributed by atoms with Crippen LogP contribution in [-0.2, 0) is 21.1 Å². The zero-order valence-corrected chi connectivity index (χ0v) is 14.2. The average molecular weight is 337 g/mol. The summed E-state index contributed by atoms with van der Waals surface area (Å²) in [5.41, 5.74) is 1.09. The number of aryl methyl sites for hydroxylation is 1. The van der Waals surface area contributed by atoms with Crippen LogP contribution < -0.4 is 4.74 Å². The molecule has 1 saturated heterocycles. The van der Waals surface area contributed by atoms with E-state index in [1.165, 1.54) is 0 Å². The van der Waals surface area contributed by atoms with Gasteiger partial charge in [0.25, 0.3) is 0 Å². The molecule has 0 N–H and O–H groups in total. The van der Waals surface area contributed by atoms with E-state index in [0.29, 0.717) is 19.3 Å². The van der Waals surface area contributed by atoms with E-state index in [1.807, 2.05) is 29.2 Å². The summed E-state index contributed by atoms with van der Waals surface area (Å²) < 4.78 is 28.5. The summed E-state index contributed by atoms with van der Waals surface area (Å²) in [6.07, 6.45) is 3.70. The maximum Gasteiger partial charge on any atom is 0.223 e. The van der Waals surface area contributed by atoms with Crippen LogP contribution in [0.5, 0.6) is 5.75 Å². The molecule has 2 fully saturated rings. The molecule has 1 aliphatic heterocycles. The van der Waals surface area contributed by atoms with Gasteiger partial charge in [-0.25, -0.2) is 8.42 Å². The molecule has 1 aromatic carbocycles. The molecule has 2 aliphatic rings. The molecule has 1 aliphatic carbocycles. The fourth-order valence-corrected chi connectivity index (χ4v) is 4.94. The molecule has 0 radical (unpaired) electrons. The number of carbonyl (C=O) groups excluding carboxylic acids is 1. The highest BCUT2D eigenvalue weighted by molar-refractivity contribution is 7.91. The smallest absolute Gasteiger partial charge is 0.223 e. The first-order valence-corrected chi connectivity index (χ1v) is 9.95. The summed E-state index contributed by atoms with van der Waals surface area (Å²) in [5, 5.41) is 0. The highest BCUT2D eigenvalue weighted by Crippen LogP contribution is 2.33. The number of ether oxygens (including phenoxy) is 1. The fraction of sp³-hybridized carbons (Fsp3) is 0.588. The Morgan fingerprint density at radius 1 is 1.17 bits per heavy atom. The first kappa shape index (κ1) is 16.3. The van der Waals surface area contributed by atoms with Gasteiger partial charge in [-0.05, 0) is 43.4 Å². The van der Waals surface area contributed by atoms with Gasteiger partial charge in [0.15, 0.2) is 9.84 Å². The lowest BCUT2D eigenvalue weighted by atomic mass is 10.1. The lowest BCUT2D eigenvalue weighted by molar-refractivity contribution is -0.133. The first-order chi connectivity index (χ1) is 11.0. The van der Waals surface area contributed by atoms with Crippen molar-refractivity contribution in [2.75, 3.05) is 18.6 Å². The SMILES string of the molecule is COc1ccc(CCC(=O)N(C2CC2)C2CCS(=O)(=O)C2)cc1. The molecule has 3 rings (SSSR count). The number of carbonyl (C=O) groups is 1. The molecule has 6 heteroatoms. The zero-order valence-electron chi connectivity index (χ0n) is 13.4. The Kier molecular flexibility index (Phi) is 4.62. The fourth-order valence-electron chi connectivity index (χ4n) is 3.23. The van der Waals surface area contributed by atoms with Crippen LogP contribution in [0.25, 0.3) is 0 Å². The molecule has 1 atom stereocenters. The summed E-state index contributed by atoms with van der Waals surface area (Å²) in [6, 6.07) is 7.86. The second-order valence-electron chi connectivity index (χ2n) is 6.44. The topological polar surface area (TPSA) is 63.7 Å². The molecule has 0 bridgehead atoms. The Morgan fingerprint density at radius 3 is 2.39 bits per heavy atom. The second-order valence-corrected chi connectivity index (χ2v) is 8.67. The Hall–Kier alpha value is -1.56. The minimum atomic E-state index is -2.96. The summed E-state index contributed by atoms with van der Waals surface area (Å²) in [6.45, 7) is 0. The van der Waals surface area contributed by atoms with E-state index in [0.717, 1.165) is 24.2 Å². The lowest BCUT2D eigenvalue weighted by Gasteiger charge is -2.28. The highest BCUT2D eigenvalue weighted by Gasteiger charge is 2.41. The van der Waals surface area contributed by atoms with Crippen molar-refractivity contribution in [3.05, 3.63) is 29.8 Å². The molecule has 1 heterocycles. The van der Waals surface area contributed by atoms with E-state index in [9.17, 15) is 13.2 Å². The van der Waals surface area contributed by atoms with Gasteiger partial charge in [-0.3, -0.25) is 4.79 Å². The van der Waals surface area contributed by atoms with Gasteiger partial charge < -0.3 is 9.64 Å². The highest BCUT2D eigenvalue weighted by atomic mass is 32.2. The van der Waals surface area contributed by atoms with Crippen molar-refractivity contribution in [2.24, 2.45) is 0 Å². The van der Waals surface area contributed by atoms with Crippen LogP contribution in [0.4, 0.5) is 0 Å². The minimum absolute atomic E-state index is 0.0884. The number of methoxy groups -OCH3 is 1. The van der Waals surface area contributed by atoms with Crippen LogP contribution in [0.2, 0.25) is 0 Å². The van der Waals surface area contributed by atoms with E-state index in [4.69, 9.17) is 4.74 Å². The standard InChI is InChI=1S/C17H23NO4S/c1-22-16-7-2-13(3-8-16)4-9-17(19)18(14-5-6-14)15-10-11-23(20,21)12-15/h2-3,7-8,14-15H,4-6,9-12H2,1H3. The molecule has 1 unspecified atom stereocenters. The number of sulfone groups is 1. The quantitative estimate of drug-likeness (QED) is 0.794. The Morgan fingerprint density at radius 2 is 1.87 bits per heavy atom. The third kappa shape index (κ3) is 4.05. The third-order valence-corrected chi connectivity index (χ3v) is 6.37. The van der Waals surface area contributed by atoms with Crippen LogP contribution in [0.3, 0.4) is 0 Å². The largest absolute Gasteiger partial charge is 0.497 e. The van der Waals surface area contributed by atoms with Gasteiger partial charge in [0.1, 0.15) is 5.75 Å². The average Bonchev–Trinajstić information content (AvgIpc) is 3.29. The monoisotopic (exact) mass is 337 g/mol. The van der Waals surface area contributed by atoms with Gasteiger partial charge in [0, 0.05) is 18.5 Å². The van der Waals surface area contributed by atoms with Crippen LogP contribution in [0, 0.1) is 0 Å². The van der Waals surface area contributed by atoms with E-state index < -0.39 is 9.84 Å². The van der Waals surface area contributed by atoms with Gasteiger partial charge in [-0.1, -0.05) is 12.1 Å². The molecule has 0 aromatic heterocycles. The van der Waals surface area contributed by atoms with E-state index in [1.54, 1.807) is 7.11 Å². The summed E-state index contributed by atoms with van der Waals surface area (Å²) >= 11 is 0. The van der Waals surface area contributed by atoms with Crippen molar-refractivity contribution in [2.45, 2.75) is 44.2 Å². The zero-order chi connectivity index (χ0) is 16.4. The summed E-state index contributed by atoms with van der Waals surface area (Å²) in [4.78, 5) is 14.5. The number of rotatable bonds is 6. The van der Waals surface area contributed by atoms with Crippen molar-refractivity contribution in [1.29, 1.82) is 0 Å². The van der Waals surface area contributed by atoms with Gasteiger partial charge in [-0.15, -0.1) is 0 Å². The third-order valence-electron chi connectivity index (χ3n) is 4.62. The van der Waals surface area contributed by atoms with Crippen molar-refractivity contribution in [3.63, 3.8) is 0 Å². The Labute approximate surface area is 137 Å². The molecule has 5 nitrogen and oxygen atoms in total. The maximum absolute atomic E-state index is 12.6. The van der Waals surface area contributed by atoms with Crippen LogP contribution in [-0.4, -0.2) is 49.9 Å². The number of nitrogens with zero attached hydrogens (tertiary/aromatic N) is 1. The number of amides is 1. The van der Waals surface area contributed by atoms with E-state index in [2.05, 4.69) is 0 Å². The predicted molar refractivity (Wildman–Crippen MR) is 88.2 cm³/mol. The van der Waals surface area contributed by atoms with E-state index >= 15 is 0 Å². The predicted octanol–water partition coefficient (Wildman–Crippen LogP) is 1.81. The van der Waals surface area contributed by atoms with Crippen LogP contribution >= 0.6 is 0 Å². The molecular weight excluding hydrogens is 314 g/mol. The van der Waals surface area contributed by atoms with Crippen molar-refractivity contribution in [1.82, 2.24) is 4.90 Å². The normalized spacial score (nSPS) is 22.7. The van der Waals surface area contributed by atoms with Crippen LogP contribution in [0.15, 0.2) is 24.3 Å². The number of benzene rings is 1. The Bertz CT molecular complexity index is 664. The van der Waals surface area contributed by atoms with E-state index in [-0.39, 0.29) is 29.5 Å². The summed E-state index contributed by atoms with van der Waals surface area (Å²) in [5.74, 6) is 1.24. The van der Waals surface area contributed by atoms with Crippen molar-refractivity contribution >= 4 is 15.7 Å². The van der Waals surface area contributed by atoms with Gasteiger partial charge in [0.05, 0.1) is 18.6 Å². The number of hydrogen-bond donors (Lipinski definition) is 0. The molecule has 1 saturated carbocycles. The summed E-state index contributed by atoms with van der Waals surface area (Å²) in [7, 11) is -1.34. The molecule has 126 valence electrons. The van der Waals surface area contributed by atoms with Crippen LogP contribution in [0.1, 0.15) is 31.2 Å². The second kappa shape index (κ2) is 6.51. The lowest BCUT2D eigenvalue weighted by Crippen LogP contribution is -2.42. The molecule has 1 aromatic rings. The minimum Gasteiger partial charge on any atom is -0.497 e. The van der Waals surface area contributed by atoms with Gasteiger partial charge in [-0.2, -0.15) is 0 Å². The Balaban J connectivity index is 1.60. The molecule has 23 heavy (non-hydrogen) atoms. The maximum atomic E-state index is 12.6. The molecule has 0 spiro atoms. The first-order valence-electron chi connectivity index (χ1n) is 8.13.